The van der Waals surface area contributed by atoms with Crippen LogP contribution in [0.4, 0.5) is 9.18 Å². The molecule has 1 unspecified atom stereocenters. The van der Waals surface area contributed by atoms with E-state index in [1.165, 1.54) is 0 Å². The third-order valence-electron chi connectivity index (χ3n) is 6.73. The number of halogens is 1. The van der Waals surface area contributed by atoms with Crippen molar-refractivity contribution in [3.05, 3.63) is 58.9 Å². The van der Waals surface area contributed by atoms with Crippen LogP contribution in [0, 0.1) is 5.82 Å². The second-order valence-electron chi connectivity index (χ2n) is 10.3. The van der Waals surface area contributed by atoms with Gasteiger partial charge < -0.3 is 23.8 Å². The minimum atomic E-state index is -0.512. The van der Waals surface area contributed by atoms with Crippen molar-refractivity contribution >= 4 is 6.09 Å². The topological polar surface area (TPSA) is 57.2 Å². The highest BCUT2D eigenvalue weighted by Gasteiger charge is 2.33. The Morgan fingerprint density at radius 2 is 1.79 bits per heavy atom. The van der Waals surface area contributed by atoms with Crippen molar-refractivity contribution < 1.29 is 28.1 Å². The maximum atomic E-state index is 15.0. The number of benzene rings is 2. The number of piperidine rings is 1. The molecular formula is C27H32FNO5. The standard InChI is InChI=1S/C27H32FNO5/c1-27(2,3)34-26(30)29-11-9-17(10-12-29)20-5-4-6-23-25(20)33-24(16-32-23)21-8-7-18(13-22(21)28)19-14-31-15-19/h4-8,13,17,19,24H,9-12,14-16H2,1-3H3. The molecule has 0 bridgehead atoms. The van der Waals surface area contributed by atoms with Gasteiger partial charge >= 0.3 is 6.09 Å². The Morgan fingerprint density at radius 1 is 1.03 bits per heavy atom. The van der Waals surface area contributed by atoms with Crippen LogP contribution in [0.2, 0.25) is 0 Å². The van der Waals surface area contributed by atoms with Gasteiger partial charge in [0.05, 0.1) is 13.2 Å². The van der Waals surface area contributed by atoms with E-state index in [0.717, 1.165) is 24.0 Å². The fraction of sp³-hybridized carbons (Fsp3) is 0.519. The van der Waals surface area contributed by atoms with E-state index in [1.807, 2.05) is 45.0 Å². The smallest absolute Gasteiger partial charge is 0.410 e. The monoisotopic (exact) mass is 469 g/mol. The second kappa shape index (κ2) is 9.10. The van der Waals surface area contributed by atoms with Gasteiger partial charge in [-0.3, -0.25) is 0 Å². The Labute approximate surface area is 199 Å². The summed E-state index contributed by atoms with van der Waals surface area (Å²) in [6, 6.07) is 11.3. The molecule has 2 aromatic carbocycles. The van der Waals surface area contributed by atoms with E-state index < -0.39 is 11.7 Å². The van der Waals surface area contributed by atoms with E-state index >= 15 is 0 Å². The van der Waals surface area contributed by atoms with Crippen molar-refractivity contribution in [2.75, 3.05) is 32.9 Å². The Bertz CT molecular complexity index is 1050. The van der Waals surface area contributed by atoms with Crippen LogP contribution in [-0.2, 0) is 9.47 Å². The zero-order chi connectivity index (χ0) is 23.9. The van der Waals surface area contributed by atoms with E-state index in [2.05, 4.69) is 6.07 Å². The average molecular weight is 470 g/mol. The number of hydrogen-bond donors (Lipinski definition) is 0. The normalized spacial score (nSPS) is 21.2. The zero-order valence-corrected chi connectivity index (χ0v) is 20.0. The zero-order valence-electron chi connectivity index (χ0n) is 20.0. The van der Waals surface area contributed by atoms with Gasteiger partial charge in [0.25, 0.3) is 0 Å². The molecule has 3 aliphatic rings. The van der Waals surface area contributed by atoms with Gasteiger partial charge in [-0.2, -0.15) is 0 Å². The molecule has 2 saturated heterocycles. The lowest BCUT2D eigenvalue weighted by Gasteiger charge is -2.35. The molecule has 0 N–H and O–H groups in total. The summed E-state index contributed by atoms with van der Waals surface area (Å²) in [6.45, 7) is 8.41. The summed E-state index contributed by atoms with van der Waals surface area (Å²) in [6.07, 6.45) is 0.821. The van der Waals surface area contributed by atoms with Gasteiger partial charge in [-0.15, -0.1) is 0 Å². The number of amides is 1. The number of para-hydroxylation sites is 1. The van der Waals surface area contributed by atoms with Crippen LogP contribution in [-0.4, -0.2) is 49.5 Å². The summed E-state index contributed by atoms with van der Waals surface area (Å²) in [5.41, 5.74) is 2.01. The fourth-order valence-corrected chi connectivity index (χ4v) is 4.78. The molecule has 0 aliphatic carbocycles. The fourth-order valence-electron chi connectivity index (χ4n) is 4.78. The predicted octanol–water partition coefficient (Wildman–Crippen LogP) is 5.57. The van der Waals surface area contributed by atoms with Crippen LogP contribution >= 0.6 is 0 Å². The van der Waals surface area contributed by atoms with Gasteiger partial charge in [-0.25, -0.2) is 9.18 Å². The quantitative estimate of drug-likeness (QED) is 0.589. The number of carbonyl (C=O) groups is 1. The number of rotatable bonds is 3. The second-order valence-corrected chi connectivity index (χ2v) is 10.3. The Balaban J connectivity index is 1.29. The van der Waals surface area contributed by atoms with Crippen molar-refractivity contribution in [3.8, 4) is 11.5 Å². The molecule has 0 aromatic heterocycles. The Morgan fingerprint density at radius 3 is 2.44 bits per heavy atom. The lowest BCUT2D eigenvalue weighted by molar-refractivity contribution is 0.00826. The first kappa shape index (κ1) is 23.0. The summed E-state index contributed by atoms with van der Waals surface area (Å²) in [5.74, 6) is 1.59. The molecule has 34 heavy (non-hydrogen) atoms. The highest BCUT2D eigenvalue weighted by Crippen LogP contribution is 2.45. The van der Waals surface area contributed by atoms with Gasteiger partial charge in [0.2, 0.25) is 0 Å². The van der Waals surface area contributed by atoms with Gasteiger partial charge in [-0.1, -0.05) is 24.3 Å². The molecule has 3 heterocycles. The number of hydrogen-bond acceptors (Lipinski definition) is 5. The molecular weight excluding hydrogens is 437 g/mol. The highest BCUT2D eigenvalue weighted by molar-refractivity contribution is 5.68. The van der Waals surface area contributed by atoms with Gasteiger partial charge in [0.1, 0.15) is 18.0 Å². The Kier molecular flexibility index (Phi) is 6.15. The third kappa shape index (κ3) is 4.71. The van der Waals surface area contributed by atoms with Gasteiger partial charge in [0, 0.05) is 30.1 Å². The summed E-state index contributed by atoms with van der Waals surface area (Å²) >= 11 is 0. The molecule has 182 valence electrons. The first-order chi connectivity index (χ1) is 16.3. The van der Waals surface area contributed by atoms with Crippen molar-refractivity contribution in [2.45, 2.75) is 57.2 Å². The molecule has 0 radical (unpaired) electrons. The van der Waals surface area contributed by atoms with E-state index in [-0.39, 0.29) is 30.4 Å². The minimum Gasteiger partial charge on any atom is -0.485 e. The summed E-state index contributed by atoms with van der Waals surface area (Å²) < 4.78 is 38.1. The first-order valence-corrected chi connectivity index (χ1v) is 12.1. The number of likely N-dealkylation sites (tertiary alicyclic amines) is 1. The summed E-state index contributed by atoms with van der Waals surface area (Å²) in [5, 5.41) is 0. The molecule has 1 amide bonds. The summed E-state index contributed by atoms with van der Waals surface area (Å²) in [7, 11) is 0. The molecule has 5 rings (SSSR count). The van der Waals surface area contributed by atoms with Crippen LogP contribution in [0.3, 0.4) is 0 Å². The van der Waals surface area contributed by atoms with E-state index in [9.17, 15) is 9.18 Å². The summed E-state index contributed by atoms with van der Waals surface area (Å²) in [4.78, 5) is 14.2. The maximum Gasteiger partial charge on any atom is 0.410 e. The Hall–Kier alpha value is -2.80. The lowest BCUT2D eigenvalue weighted by atomic mass is 9.88. The van der Waals surface area contributed by atoms with Crippen LogP contribution in [0.25, 0.3) is 0 Å². The van der Waals surface area contributed by atoms with Crippen LogP contribution in [0.1, 0.15) is 68.2 Å². The third-order valence-corrected chi connectivity index (χ3v) is 6.73. The predicted molar refractivity (Wildman–Crippen MR) is 125 cm³/mol. The molecule has 1 atom stereocenters. The van der Waals surface area contributed by atoms with Crippen LogP contribution < -0.4 is 9.47 Å². The molecule has 0 saturated carbocycles. The number of fused-ring (bicyclic) bond motifs is 1. The van der Waals surface area contributed by atoms with Crippen molar-refractivity contribution in [1.29, 1.82) is 0 Å². The molecule has 2 aromatic rings. The lowest BCUT2D eigenvalue weighted by Crippen LogP contribution is -2.41. The minimum absolute atomic E-state index is 0.224. The van der Waals surface area contributed by atoms with Gasteiger partial charge in [-0.05, 0) is 57.2 Å². The SMILES string of the molecule is CC(C)(C)OC(=O)N1CCC(c2cccc3c2OC(c2ccc(C4COC4)cc2F)CO3)CC1. The maximum absolute atomic E-state index is 15.0. The number of ether oxygens (including phenoxy) is 4. The number of nitrogens with zero attached hydrogens (tertiary/aromatic N) is 1. The van der Waals surface area contributed by atoms with Crippen LogP contribution in [0.15, 0.2) is 36.4 Å². The highest BCUT2D eigenvalue weighted by atomic mass is 19.1. The molecule has 7 heteroatoms. The van der Waals surface area contributed by atoms with Crippen molar-refractivity contribution in [1.82, 2.24) is 4.90 Å². The largest absolute Gasteiger partial charge is 0.485 e. The average Bonchev–Trinajstić information content (AvgIpc) is 2.76. The number of carbonyl (C=O) groups excluding carboxylic acids is 1. The molecule has 0 spiro atoms. The molecule has 2 fully saturated rings. The van der Waals surface area contributed by atoms with E-state index in [0.29, 0.717) is 43.4 Å². The molecule has 6 nitrogen and oxygen atoms in total. The molecule has 3 aliphatic heterocycles. The van der Waals surface area contributed by atoms with Crippen molar-refractivity contribution in [3.63, 3.8) is 0 Å². The van der Waals surface area contributed by atoms with Crippen molar-refractivity contribution in [2.24, 2.45) is 0 Å². The van der Waals surface area contributed by atoms with E-state index in [1.54, 1.807) is 11.0 Å². The van der Waals surface area contributed by atoms with E-state index in [4.69, 9.17) is 18.9 Å². The first-order valence-electron chi connectivity index (χ1n) is 12.1. The van der Waals surface area contributed by atoms with Gasteiger partial charge in [0.15, 0.2) is 17.6 Å². The van der Waals surface area contributed by atoms with Crippen LogP contribution in [0.5, 0.6) is 11.5 Å².